The molecular formula is C25H32N6O3. The van der Waals surface area contributed by atoms with Crippen LogP contribution in [0, 0.1) is 5.92 Å². The molecule has 0 bridgehead atoms. The lowest BCUT2D eigenvalue weighted by Crippen LogP contribution is -2.45. The van der Waals surface area contributed by atoms with E-state index in [0.717, 1.165) is 55.8 Å². The molecule has 1 unspecified atom stereocenters. The monoisotopic (exact) mass is 464 g/mol. The van der Waals surface area contributed by atoms with Crippen molar-refractivity contribution in [2.75, 3.05) is 49.6 Å². The summed E-state index contributed by atoms with van der Waals surface area (Å²) in [5, 5.41) is 5.56. The first-order valence-corrected chi connectivity index (χ1v) is 12.2. The first kappa shape index (κ1) is 22.7. The highest BCUT2D eigenvalue weighted by atomic mass is 16.5. The molecule has 3 aliphatic rings. The van der Waals surface area contributed by atoms with Gasteiger partial charge in [0.15, 0.2) is 5.82 Å². The molecule has 5 rings (SSSR count). The molecule has 2 amide bonds. The SMILES string of the molecule is CCNC(=O)Nc1ccc(-c2nc3c(c(N4CCOC[C@H]4C)n2)CCN2CC(C=O)C[C@@H]32)cc1. The van der Waals surface area contributed by atoms with Crippen LogP contribution in [0.3, 0.4) is 0 Å². The number of hydrogen-bond acceptors (Lipinski definition) is 7. The lowest BCUT2D eigenvalue weighted by atomic mass is 9.95. The van der Waals surface area contributed by atoms with Crippen LogP contribution in [0.5, 0.6) is 0 Å². The largest absolute Gasteiger partial charge is 0.377 e. The average molecular weight is 465 g/mol. The van der Waals surface area contributed by atoms with Crippen LogP contribution in [0.25, 0.3) is 11.4 Å². The summed E-state index contributed by atoms with van der Waals surface area (Å²) in [7, 11) is 0. The van der Waals surface area contributed by atoms with Crippen LogP contribution in [-0.2, 0) is 16.0 Å². The summed E-state index contributed by atoms with van der Waals surface area (Å²) in [5.74, 6) is 1.72. The van der Waals surface area contributed by atoms with E-state index in [4.69, 9.17) is 14.7 Å². The van der Waals surface area contributed by atoms with Gasteiger partial charge in [-0.1, -0.05) is 0 Å². The Morgan fingerprint density at radius 3 is 2.79 bits per heavy atom. The summed E-state index contributed by atoms with van der Waals surface area (Å²) in [5.41, 5.74) is 3.87. The molecule has 4 heterocycles. The molecule has 0 spiro atoms. The fraction of sp³-hybridized carbons (Fsp3) is 0.520. The number of nitrogens with one attached hydrogen (secondary N) is 2. The summed E-state index contributed by atoms with van der Waals surface area (Å²) >= 11 is 0. The van der Waals surface area contributed by atoms with Gasteiger partial charge in [-0.15, -0.1) is 0 Å². The molecule has 2 N–H and O–H groups in total. The first-order chi connectivity index (χ1) is 16.6. The molecule has 180 valence electrons. The standard InChI is InChI=1S/C25H32N6O3/c1-3-26-25(33)27-19-6-4-18(5-7-19)23-28-22-20(8-9-30-13-17(14-32)12-21(22)30)24(29-23)31-10-11-34-15-16(31)2/h4-7,14,16-17,21H,3,8-13,15H2,1-2H3,(H2,26,27,33)/t16-,17?,21+/m1/s1. The number of carbonyl (C=O) groups is 2. The van der Waals surface area contributed by atoms with Gasteiger partial charge in [-0.2, -0.15) is 0 Å². The van der Waals surface area contributed by atoms with Crippen LogP contribution < -0.4 is 15.5 Å². The van der Waals surface area contributed by atoms with Crippen molar-refractivity contribution in [3.05, 3.63) is 35.5 Å². The van der Waals surface area contributed by atoms with Crippen LogP contribution >= 0.6 is 0 Å². The minimum atomic E-state index is -0.227. The Labute approximate surface area is 199 Å². The zero-order valence-electron chi connectivity index (χ0n) is 19.8. The number of aldehydes is 1. The smallest absolute Gasteiger partial charge is 0.319 e. The molecule has 9 nitrogen and oxygen atoms in total. The third-order valence-corrected chi connectivity index (χ3v) is 6.99. The quantitative estimate of drug-likeness (QED) is 0.656. The van der Waals surface area contributed by atoms with Gasteiger partial charge in [0.05, 0.1) is 31.0 Å². The van der Waals surface area contributed by atoms with Gasteiger partial charge in [0, 0.05) is 48.9 Å². The zero-order chi connectivity index (χ0) is 23.7. The number of nitrogens with zero attached hydrogens (tertiary/aromatic N) is 4. The van der Waals surface area contributed by atoms with E-state index in [1.54, 1.807) is 0 Å². The Morgan fingerprint density at radius 2 is 2.06 bits per heavy atom. The molecule has 1 aromatic heterocycles. The van der Waals surface area contributed by atoms with Crippen molar-refractivity contribution in [3.63, 3.8) is 0 Å². The highest BCUT2D eigenvalue weighted by Crippen LogP contribution is 2.42. The number of rotatable bonds is 5. The lowest BCUT2D eigenvalue weighted by molar-refractivity contribution is -0.110. The molecule has 3 aliphatic heterocycles. The molecule has 0 saturated carbocycles. The molecule has 3 atom stereocenters. The molecule has 2 saturated heterocycles. The van der Waals surface area contributed by atoms with E-state index in [1.165, 1.54) is 5.56 Å². The van der Waals surface area contributed by atoms with Gasteiger partial charge < -0.3 is 25.1 Å². The predicted molar refractivity (Wildman–Crippen MR) is 130 cm³/mol. The third-order valence-electron chi connectivity index (χ3n) is 6.99. The van der Waals surface area contributed by atoms with Gasteiger partial charge in [0.1, 0.15) is 12.1 Å². The number of hydrogen-bond donors (Lipinski definition) is 2. The zero-order valence-corrected chi connectivity index (χ0v) is 19.8. The number of amides is 2. The van der Waals surface area contributed by atoms with Crippen molar-refractivity contribution in [1.29, 1.82) is 0 Å². The summed E-state index contributed by atoms with van der Waals surface area (Å²) < 4.78 is 5.68. The Bertz CT molecular complexity index is 1060. The normalized spacial score (nSPS) is 24.3. The second kappa shape index (κ2) is 9.68. The van der Waals surface area contributed by atoms with E-state index in [9.17, 15) is 9.59 Å². The third kappa shape index (κ3) is 4.37. The molecule has 2 fully saturated rings. The lowest BCUT2D eigenvalue weighted by Gasteiger charge is -2.38. The van der Waals surface area contributed by atoms with E-state index < -0.39 is 0 Å². The van der Waals surface area contributed by atoms with Crippen molar-refractivity contribution >= 4 is 23.8 Å². The Balaban J connectivity index is 1.53. The number of anilines is 2. The number of aromatic nitrogens is 2. The predicted octanol–water partition coefficient (Wildman–Crippen LogP) is 2.63. The maximum absolute atomic E-state index is 11.8. The fourth-order valence-corrected chi connectivity index (χ4v) is 5.28. The van der Waals surface area contributed by atoms with Crippen molar-refractivity contribution in [3.8, 4) is 11.4 Å². The summed E-state index contributed by atoms with van der Waals surface area (Å²) in [6, 6.07) is 7.78. The van der Waals surface area contributed by atoms with Gasteiger partial charge in [0.2, 0.25) is 0 Å². The Kier molecular flexibility index (Phi) is 6.47. The number of benzene rings is 1. The minimum absolute atomic E-state index is 0.0553. The first-order valence-electron chi connectivity index (χ1n) is 12.2. The molecule has 0 aliphatic carbocycles. The van der Waals surface area contributed by atoms with Crippen LogP contribution in [0.4, 0.5) is 16.3 Å². The highest BCUT2D eigenvalue weighted by molar-refractivity contribution is 5.89. The van der Waals surface area contributed by atoms with Gasteiger partial charge >= 0.3 is 6.03 Å². The number of fused-ring (bicyclic) bond motifs is 3. The fourth-order valence-electron chi connectivity index (χ4n) is 5.28. The summed E-state index contributed by atoms with van der Waals surface area (Å²) in [6.07, 6.45) is 2.78. The van der Waals surface area contributed by atoms with Crippen molar-refractivity contribution in [2.45, 2.75) is 38.8 Å². The maximum atomic E-state index is 11.8. The van der Waals surface area contributed by atoms with E-state index in [0.29, 0.717) is 31.3 Å². The van der Waals surface area contributed by atoms with E-state index in [-0.39, 0.29) is 24.0 Å². The molecule has 1 aromatic carbocycles. The topological polar surface area (TPSA) is 99.7 Å². The molecule has 0 radical (unpaired) electrons. The second-order valence-corrected chi connectivity index (χ2v) is 9.31. The molecule has 34 heavy (non-hydrogen) atoms. The highest BCUT2D eigenvalue weighted by Gasteiger charge is 2.40. The minimum Gasteiger partial charge on any atom is -0.377 e. The summed E-state index contributed by atoms with van der Waals surface area (Å²) in [6.45, 7) is 8.50. The average Bonchev–Trinajstić information content (AvgIpc) is 3.28. The van der Waals surface area contributed by atoms with Crippen LogP contribution in [0.15, 0.2) is 24.3 Å². The van der Waals surface area contributed by atoms with Gasteiger partial charge in [0.25, 0.3) is 0 Å². The number of urea groups is 1. The van der Waals surface area contributed by atoms with Crippen molar-refractivity contribution < 1.29 is 14.3 Å². The van der Waals surface area contributed by atoms with Crippen LogP contribution in [0.2, 0.25) is 0 Å². The molecule has 9 heteroatoms. The summed E-state index contributed by atoms with van der Waals surface area (Å²) in [4.78, 5) is 38.3. The van der Waals surface area contributed by atoms with Gasteiger partial charge in [-0.05, 0) is 51.0 Å². The Hall–Kier alpha value is -3.04. The number of ether oxygens (including phenoxy) is 1. The van der Waals surface area contributed by atoms with Crippen LogP contribution in [0.1, 0.15) is 37.6 Å². The van der Waals surface area contributed by atoms with Crippen LogP contribution in [-0.4, -0.2) is 72.6 Å². The molecular weight excluding hydrogens is 432 g/mol. The van der Waals surface area contributed by atoms with Crippen molar-refractivity contribution in [2.24, 2.45) is 5.92 Å². The van der Waals surface area contributed by atoms with Gasteiger partial charge in [-0.25, -0.2) is 14.8 Å². The number of morpholine rings is 1. The van der Waals surface area contributed by atoms with E-state index in [2.05, 4.69) is 27.4 Å². The van der Waals surface area contributed by atoms with Crippen molar-refractivity contribution in [1.82, 2.24) is 20.2 Å². The number of carbonyl (C=O) groups excluding carboxylic acids is 2. The van der Waals surface area contributed by atoms with E-state index in [1.807, 2.05) is 31.2 Å². The maximum Gasteiger partial charge on any atom is 0.319 e. The van der Waals surface area contributed by atoms with E-state index >= 15 is 0 Å². The molecule has 2 aromatic rings. The second-order valence-electron chi connectivity index (χ2n) is 9.31. The van der Waals surface area contributed by atoms with Gasteiger partial charge in [-0.3, -0.25) is 4.90 Å². The Morgan fingerprint density at radius 1 is 1.24 bits per heavy atom.